The van der Waals surface area contributed by atoms with E-state index in [4.69, 9.17) is 4.98 Å². The maximum atomic E-state index is 4.69. The van der Waals surface area contributed by atoms with E-state index in [9.17, 15) is 0 Å². The molecule has 2 aliphatic rings. The van der Waals surface area contributed by atoms with E-state index >= 15 is 0 Å². The van der Waals surface area contributed by atoms with Gasteiger partial charge in [-0.1, -0.05) is 23.8 Å². The lowest BCUT2D eigenvalue weighted by atomic mass is 10.0. The van der Waals surface area contributed by atoms with Gasteiger partial charge in [0.15, 0.2) is 0 Å². The van der Waals surface area contributed by atoms with E-state index < -0.39 is 0 Å². The van der Waals surface area contributed by atoms with Gasteiger partial charge in [-0.15, -0.1) is 0 Å². The zero-order valence-electron chi connectivity index (χ0n) is 13.4. The second-order valence-corrected chi connectivity index (χ2v) is 6.92. The highest BCUT2D eigenvalue weighted by Gasteiger charge is 2.38. The highest BCUT2D eigenvalue weighted by molar-refractivity contribution is 5.62. The van der Waals surface area contributed by atoms with Crippen LogP contribution in [0.2, 0.25) is 0 Å². The van der Waals surface area contributed by atoms with E-state index in [-0.39, 0.29) is 0 Å². The van der Waals surface area contributed by atoms with Crippen LogP contribution in [0.4, 0.5) is 5.69 Å². The summed E-state index contributed by atoms with van der Waals surface area (Å²) in [6.07, 6.45) is 2.04. The minimum absolute atomic E-state index is 0.835. The first-order chi connectivity index (χ1) is 10.7. The van der Waals surface area contributed by atoms with Gasteiger partial charge in [-0.2, -0.15) is 0 Å². The topological polar surface area (TPSA) is 19.4 Å². The Morgan fingerprint density at radius 3 is 2.41 bits per heavy atom. The molecule has 4 rings (SSSR count). The molecule has 0 N–H and O–H groups in total. The molecule has 0 unspecified atom stereocenters. The van der Waals surface area contributed by atoms with Gasteiger partial charge in [0, 0.05) is 31.7 Å². The second kappa shape index (κ2) is 5.40. The minimum atomic E-state index is 0.835. The molecule has 3 nitrogen and oxygen atoms in total. The van der Waals surface area contributed by atoms with Crippen molar-refractivity contribution in [3.05, 3.63) is 48.2 Å². The maximum Gasteiger partial charge on any atom is 0.0703 e. The van der Waals surface area contributed by atoms with Crippen molar-refractivity contribution in [2.75, 3.05) is 38.1 Å². The van der Waals surface area contributed by atoms with Crippen molar-refractivity contribution in [1.29, 1.82) is 0 Å². The summed E-state index contributed by atoms with van der Waals surface area (Å²) in [4.78, 5) is 9.66. The molecule has 2 atom stereocenters. The summed E-state index contributed by atoms with van der Waals surface area (Å²) >= 11 is 0. The summed E-state index contributed by atoms with van der Waals surface area (Å²) in [7, 11) is 2.24. The lowest BCUT2D eigenvalue weighted by Crippen LogP contribution is -2.26. The molecule has 114 valence electrons. The van der Waals surface area contributed by atoms with Gasteiger partial charge in [-0.3, -0.25) is 4.98 Å². The van der Waals surface area contributed by atoms with Crippen LogP contribution in [0.1, 0.15) is 5.56 Å². The Kier molecular flexibility index (Phi) is 3.38. The van der Waals surface area contributed by atoms with Crippen LogP contribution >= 0.6 is 0 Å². The van der Waals surface area contributed by atoms with Gasteiger partial charge in [0.2, 0.25) is 0 Å². The van der Waals surface area contributed by atoms with Crippen molar-refractivity contribution in [3.8, 4) is 11.3 Å². The number of fused-ring (bicyclic) bond motifs is 1. The molecule has 3 heteroatoms. The number of likely N-dealkylation sites (tertiary alicyclic amines) is 1. The first kappa shape index (κ1) is 13.8. The Bertz CT molecular complexity index is 651. The number of hydrogen-bond donors (Lipinski definition) is 0. The van der Waals surface area contributed by atoms with Gasteiger partial charge in [-0.25, -0.2) is 0 Å². The fraction of sp³-hybridized carbons (Fsp3) is 0.421. The van der Waals surface area contributed by atoms with E-state index in [2.05, 4.69) is 60.2 Å². The first-order valence-corrected chi connectivity index (χ1v) is 8.15. The normalized spacial score (nSPS) is 24.7. The van der Waals surface area contributed by atoms with E-state index in [1.165, 1.54) is 43.0 Å². The van der Waals surface area contributed by atoms with Crippen molar-refractivity contribution >= 4 is 5.69 Å². The lowest BCUT2D eigenvalue weighted by Gasteiger charge is -2.21. The average Bonchev–Trinajstić information content (AvgIpc) is 3.05. The highest BCUT2D eigenvalue weighted by Crippen LogP contribution is 2.33. The van der Waals surface area contributed by atoms with Gasteiger partial charge in [-0.05, 0) is 44.0 Å². The first-order valence-electron chi connectivity index (χ1n) is 8.15. The Morgan fingerprint density at radius 1 is 1.00 bits per heavy atom. The number of pyridine rings is 1. The molecule has 22 heavy (non-hydrogen) atoms. The molecule has 0 spiro atoms. The molecule has 2 fully saturated rings. The van der Waals surface area contributed by atoms with Gasteiger partial charge < -0.3 is 9.80 Å². The van der Waals surface area contributed by atoms with Crippen molar-refractivity contribution in [1.82, 2.24) is 9.88 Å². The fourth-order valence-electron chi connectivity index (χ4n) is 3.99. The van der Waals surface area contributed by atoms with Crippen LogP contribution in [0, 0.1) is 18.8 Å². The van der Waals surface area contributed by atoms with Crippen molar-refractivity contribution in [3.63, 3.8) is 0 Å². The molecule has 0 bridgehead atoms. The van der Waals surface area contributed by atoms with Gasteiger partial charge in [0.05, 0.1) is 17.6 Å². The highest BCUT2D eigenvalue weighted by atomic mass is 15.2. The summed E-state index contributed by atoms with van der Waals surface area (Å²) in [6.45, 7) is 6.98. The molecule has 0 saturated carbocycles. The van der Waals surface area contributed by atoms with Crippen LogP contribution in [-0.2, 0) is 0 Å². The third-order valence-corrected chi connectivity index (χ3v) is 5.10. The monoisotopic (exact) mass is 293 g/mol. The Labute approximate surface area is 132 Å². The molecule has 1 aromatic carbocycles. The number of anilines is 1. The predicted molar refractivity (Wildman–Crippen MR) is 91.1 cm³/mol. The summed E-state index contributed by atoms with van der Waals surface area (Å²) in [6, 6.07) is 12.9. The SMILES string of the molecule is Cc1cccc(-c2ccc(N3C[C@H]4CN(C)C[C@H]4C3)cn2)c1. The Morgan fingerprint density at radius 2 is 1.77 bits per heavy atom. The summed E-state index contributed by atoms with van der Waals surface area (Å²) in [5.41, 5.74) is 4.81. The van der Waals surface area contributed by atoms with Crippen LogP contribution in [0.5, 0.6) is 0 Å². The largest absolute Gasteiger partial charge is 0.370 e. The van der Waals surface area contributed by atoms with Crippen LogP contribution in [0.15, 0.2) is 42.6 Å². The number of aryl methyl sites for hydroxylation is 1. The van der Waals surface area contributed by atoms with E-state index in [0.29, 0.717) is 0 Å². The number of rotatable bonds is 2. The van der Waals surface area contributed by atoms with E-state index in [0.717, 1.165) is 17.5 Å². The predicted octanol–water partition coefficient (Wildman–Crippen LogP) is 3.05. The molecule has 0 aliphatic carbocycles. The second-order valence-electron chi connectivity index (χ2n) is 6.92. The zero-order chi connectivity index (χ0) is 15.1. The number of hydrogen-bond acceptors (Lipinski definition) is 3. The van der Waals surface area contributed by atoms with Crippen LogP contribution in [0.25, 0.3) is 11.3 Å². The van der Waals surface area contributed by atoms with Crippen molar-refractivity contribution < 1.29 is 0 Å². The maximum absolute atomic E-state index is 4.69. The molecule has 3 heterocycles. The molecule has 1 aromatic heterocycles. The van der Waals surface area contributed by atoms with E-state index in [1.54, 1.807) is 0 Å². The smallest absolute Gasteiger partial charge is 0.0703 e. The molecule has 2 saturated heterocycles. The third-order valence-electron chi connectivity index (χ3n) is 5.10. The van der Waals surface area contributed by atoms with Crippen LogP contribution in [-0.4, -0.2) is 43.1 Å². The number of benzene rings is 1. The Hall–Kier alpha value is -1.87. The zero-order valence-corrected chi connectivity index (χ0v) is 13.4. The third kappa shape index (κ3) is 2.50. The minimum Gasteiger partial charge on any atom is -0.370 e. The molecular weight excluding hydrogens is 270 g/mol. The summed E-state index contributed by atoms with van der Waals surface area (Å²) in [5, 5.41) is 0. The quantitative estimate of drug-likeness (QED) is 0.848. The average molecular weight is 293 g/mol. The Balaban J connectivity index is 1.51. The lowest BCUT2D eigenvalue weighted by molar-refractivity contribution is 0.387. The van der Waals surface area contributed by atoms with Gasteiger partial charge in [0.25, 0.3) is 0 Å². The van der Waals surface area contributed by atoms with Crippen LogP contribution < -0.4 is 4.90 Å². The fourth-order valence-corrected chi connectivity index (χ4v) is 3.99. The van der Waals surface area contributed by atoms with Crippen molar-refractivity contribution in [2.24, 2.45) is 11.8 Å². The summed E-state index contributed by atoms with van der Waals surface area (Å²) < 4.78 is 0. The van der Waals surface area contributed by atoms with Crippen molar-refractivity contribution in [2.45, 2.75) is 6.92 Å². The molecule has 2 aromatic rings. The van der Waals surface area contributed by atoms with Gasteiger partial charge >= 0.3 is 0 Å². The molecule has 2 aliphatic heterocycles. The molecule has 0 radical (unpaired) electrons. The summed E-state index contributed by atoms with van der Waals surface area (Å²) in [5.74, 6) is 1.67. The van der Waals surface area contributed by atoms with E-state index in [1.807, 2.05) is 6.20 Å². The van der Waals surface area contributed by atoms with Crippen LogP contribution in [0.3, 0.4) is 0 Å². The van der Waals surface area contributed by atoms with Gasteiger partial charge in [0.1, 0.15) is 0 Å². The standard InChI is InChI=1S/C19H23N3/c1-14-4-3-5-15(8-14)19-7-6-18(9-20-19)22-12-16-10-21(2)11-17(16)13-22/h3-9,16-17H,10-13H2,1-2H3/t16-,17+. The number of nitrogens with zero attached hydrogens (tertiary/aromatic N) is 3. The molecule has 0 amide bonds. The number of aromatic nitrogens is 1. The molecular formula is C19H23N3.